The van der Waals surface area contributed by atoms with Crippen LogP contribution in [0.2, 0.25) is 0 Å². The van der Waals surface area contributed by atoms with Gasteiger partial charge in [-0.05, 0) is 0 Å². The van der Waals surface area contributed by atoms with Crippen LogP contribution in [0.15, 0.2) is 175 Å². The fourth-order valence-electron chi connectivity index (χ4n) is 8.91. The Hall–Kier alpha value is -5.76. The molecule has 2 heteroatoms. The van der Waals surface area contributed by atoms with Gasteiger partial charge in [0.2, 0.25) is 0 Å². The zero-order chi connectivity index (χ0) is 35.0. The van der Waals surface area contributed by atoms with Gasteiger partial charge >= 0.3 is 320 Å². The Balaban J connectivity index is 1.24. The van der Waals surface area contributed by atoms with Crippen molar-refractivity contribution in [1.82, 2.24) is 0 Å². The molecular weight excluding hydrogens is 724 g/mol. The molecule has 53 heavy (non-hydrogen) atoms. The van der Waals surface area contributed by atoms with Gasteiger partial charge in [0.25, 0.3) is 0 Å². The molecule has 0 radical (unpaired) electrons. The number of fused-ring (bicyclic) bond motifs is 7. The van der Waals surface area contributed by atoms with E-state index in [0.29, 0.717) is 0 Å². The topological polar surface area (TPSA) is 0 Å². The molecule has 0 bridgehead atoms. The van der Waals surface area contributed by atoms with Crippen LogP contribution in [0.25, 0.3) is 107 Å². The number of thiophene rings is 1. The van der Waals surface area contributed by atoms with Crippen molar-refractivity contribution in [3.8, 4) is 44.5 Å². The van der Waals surface area contributed by atoms with Crippen molar-refractivity contribution < 1.29 is 0 Å². The van der Waals surface area contributed by atoms with Gasteiger partial charge in [0.1, 0.15) is 0 Å². The van der Waals surface area contributed by atoms with Crippen molar-refractivity contribution in [3.05, 3.63) is 180 Å². The summed E-state index contributed by atoms with van der Waals surface area (Å²) >= 11 is 1.93. The standard InChI is InChI=1S/C51H32SSe/c1-31-29-52-30-44(31)49-39-23-11-9-21-37(39)47(38-22-10-12-24-40(38)49)41-25-14-28-45-50(41)43-27-13-26-42(51(43)53-45)48-35-19-7-5-17-33(35)46(32-15-3-2-4-16-32)34-18-6-8-20-36(34)48/h2-30H,1H3. The summed E-state index contributed by atoms with van der Waals surface area (Å²) in [5.41, 5.74) is 11.9. The van der Waals surface area contributed by atoms with Crippen LogP contribution in [0.5, 0.6) is 0 Å². The molecule has 0 aliphatic rings. The van der Waals surface area contributed by atoms with Crippen molar-refractivity contribution in [2.75, 3.05) is 0 Å². The van der Waals surface area contributed by atoms with Gasteiger partial charge in [-0.2, -0.15) is 0 Å². The van der Waals surface area contributed by atoms with E-state index < -0.39 is 0 Å². The van der Waals surface area contributed by atoms with Crippen molar-refractivity contribution in [1.29, 1.82) is 0 Å². The molecule has 248 valence electrons. The molecule has 9 aromatic carbocycles. The summed E-state index contributed by atoms with van der Waals surface area (Å²) in [6.07, 6.45) is 0. The molecule has 2 aromatic heterocycles. The minimum atomic E-state index is 0.136. The molecular formula is C51H32SSe. The third-order valence-corrected chi connectivity index (χ3v) is 14.5. The fraction of sp³-hybridized carbons (Fsp3) is 0.0196. The van der Waals surface area contributed by atoms with Crippen molar-refractivity contribution in [2.45, 2.75) is 6.92 Å². The zero-order valence-electron chi connectivity index (χ0n) is 29.1. The first kappa shape index (κ1) is 30.8. The van der Waals surface area contributed by atoms with Crippen LogP contribution in [0, 0.1) is 6.92 Å². The Bertz CT molecular complexity index is 3120. The summed E-state index contributed by atoms with van der Waals surface area (Å²) < 4.78 is 2.93. The van der Waals surface area contributed by atoms with Gasteiger partial charge in [0, 0.05) is 0 Å². The molecule has 2 heterocycles. The van der Waals surface area contributed by atoms with Gasteiger partial charge in [-0.15, -0.1) is 0 Å². The summed E-state index contributed by atoms with van der Waals surface area (Å²) in [7, 11) is 0. The van der Waals surface area contributed by atoms with E-state index in [-0.39, 0.29) is 14.5 Å². The van der Waals surface area contributed by atoms with Gasteiger partial charge < -0.3 is 0 Å². The summed E-state index contributed by atoms with van der Waals surface area (Å²) in [5, 5.41) is 17.8. The number of hydrogen-bond acceptors (Lipinski definition) is 1. The van der Waals surface area contributed by atoms with Crippen LogP contribution < -0.4 is 0 Å². The number of aryl methyl sites for hydroxylation is 1. The summed E-state index contributed by atoms with van der Waals surface area (Å²) in [6.45, 7) is 2.24. The summed E-state index contributed by atoms with van der Waals surface area (Å²) in [4.78, 5) is 0. The van der Waals surface area contributed by atoms with Gasteiger partial charge in [-0.25, -0.2) is 0 Å². The molecule has 0 amide bonds. The van der Waals surface area contributed by atoms with E-state index >= 15 is 0 Å². The van der Waals surface area contributed by atoms with Crippen LogP contribution >= 0.6 is 11.3 Å². The van der Waals surface area contributed by atoms with E-state index in [1.165, 1.54) is 112 Å². The first-order valence-electron chi connectivity index (χ1n) is 18.2. The van der Waals surface area contributed by atoms with Gasteiger partial charge in [0.05, 0.1) is 0 Å². The first-order valence-corrected chi connectivity index (χ1v) is 20.8. The Morgan fingerprint density at radius 2 is 0.792 bits per heavy atom. The van der Waals surface area contributed by atoms with E-state index in [4.69, 9.17) is 0 Å². The van der Waals surface area contributed by atoms with E-state index in [9.17, 15) is 0 Å². The normalized spacial score (nSPS) is 11.9. The Morgan fingerprint density at radius 1 is 0.358 bits per heavy atom. The number of benzene rings is 9. The van der Waals surface area contributed by atoms with Crippen LogP contribution in [-0.2, 0) is 0 Å². The predicted molar refractivity (Wildman–Crippen MR) is 233 cm³/mol. The number of rotatable bonds is 4. The quantitative estimate of drug-likeness (QED) is 0.124. The SMILES string of the molecule is Cc1cscc1-c1c2ccccc2c(-c2cccc3[se]c4c(-c5c6ccccc6c(-c6ccccc6)c6ccccc56)cccc4c23)c2ccccc12. The monoisotopic (exact) mass is 756 g/mol. The van der Waals surface area contributed by atoms with Gasteiger partial charge in [-0.1, -0.05) is 0 Å². The third-order valence-electron chi connectivity index (χ3n) is 11.1. The number of hydrogen-bond donors (Lipinski definition) is 0. The zero-order valence-corrected chi connectivity index (χ0v) is 31.6. The second-order valence-electron chi connectivity index (χ2n) is 14.0. The van der Waals surface area contributed by atoms with E-state index in [2.05, 4.69) is 181 Å². The van der Waals surface area contributed by atoms with Crippen LogP contribution in [0.1, 0.15) is 5.56 Å². The molecule has 0 N–H and O–H groups in total. The molecule has 0 saturated carbocycles. The van der Waals surface area contributed by atoms with Gasteiger partial charge in [-0.3, -0.25) is 0 Å². The Morgan fingerprint density at radius 3 is 1.32 bits per heavy atom. The third kappa shape index (κ3) is 4.60. The average molecular weight is 756 g/mol. The van der Waals surface area contributed by atoms with Crippen molar-refractivity contribution in [2.24, 2.45) is 0 Å². The minimum absolute atomic E-state index is 0.136. The Kier molecular flexibility index (Phi) is 7.07. The summed E-state index contributed by atoms with van der Waals surface area (Å²) in [5.74, 6) is 0. The molecule has 0 atom stereocenters. The first-order chi connectivity index (χ1) is 26.3. The molecule has 0 saturated heterocycles. The van der Waals surface area contributed by atoms with Crippen LogP contribution in [0.4, 0.5) is 0 Å². The molecule has 0 aliphatic heterocycles. The molecule has 0 nitrogen and oxygen atoms in total. The Labute approximate surface area is 318 Å². The average Bonchev–Trinajstić information content (AvgIpc) is 3.82. The molecule has 0 spiro atoms. The molecule has 11 rings (SSSR count). The van der Waals surface area contributed by atoms with Gasteiger partial charge in [0.15, 0.2) is 0 Å². The van der Waals surface area contributed by atoms with Crippen LogP contribution in [-0.4, -0.2) is 14.5 Å². The van der Waals surface area contributed by atoms with E-state index in [0.717, 1.165) is 0 Å². The molecule has 0 aliphatic carbocycles. The maximum absolute atomic E-state index is 2.38. The second-order valence-corrected chi connectivity index (χ2v) is 16.9. The predicted octanol–water partition coefficient (Wildman–Crippen LogP) is 14.7. The maximum atomic E-state index is 2.38. The fourth-order valence-corrected chi connectivity index (χ4v) is 12.4. The molecule has 0 fully saturated rings. The van der Waals surface area contributed by atoms with Crippen molar-refractivity contribution in [3.63, 3.8) is 0 Å². The van der Waals surface area contributed by atoms with E-state index in [1.54, 1.807) is 11.3 Å². The van der Waals surface area contributed by atoms with E-state index in [1.807, 2.05) is 0 Å². The van der Waals surface area contributed by atoms with Crippen molar-refractivity contribution >= 4 is 88.2 Å². The van der Waals surface area contributed by atoms with Crippen LogP contribution in [0.3, 0.4) is 0 Å². The second kappa shape index (κ2) is 12.2. The molecule has 11 aromatic rings. The summed E-state index contributed by atoms with van der Waals surface area (Å²) in [6, 6.07) is 61.2. The molecule has 0 unspecified atom stereocenters.